The lowest BCUT2D eigenvalue weighted by molar-refractivity contribution is 0.101. The summed E-state index contributed by atoms with van der Waals surface area (Å²) in [5.41, 5.74) is 2.15. The summed E-state index contributed by atoms with van der Waals surface area (Å²) in [6.45, 7) is 4.75. The van der Waals surface area contributed by atoms with Crippen molar-refractivity contribution in [2.45, 2.75) is 33.0 Å². The van der Waals surface area contributed by atoms with Gasteiger partial charge in [-0.2, -0.15) is 10.2 Å². The lowest BCUT2D eigenvalue weighted by atomic mass is 10.0. The number of hydrogen-bond donors (Lipinski definition) is 1. The summed E-state index contributed by atoms with van der Waals surface area (Å²) in [6.07, 6.45) is 3.25. The van der Waals surface area contributed by atoms with Gasteiger partial charge in [0, 0.05) is 28.0 Å². The molecule has 0 saturated heterocycles. The van der Waals surface area contributed by atoms with Gasteiger partial charge in [0.25, 0.3) is 5.91 Å². The van der Waals surface area contributed by atoms with Crippen LogP contribution >= 0.6 is 34.8 Å². The Morgan fingerprint density at radius 2 is 1.68 bits per heavy atom. The van der Waals surface area contributed by atoms with Crippen LogP contribution in [0.3, 0.4) is 0 Å². The number of hydrogen-bond acceptors (Lipinski definition) is 4. The van der Waals surface area contributed by atoms with E-state index in [1.54, 1.807) is 41.3 Å². The van der Waals surface area contributed by atoms with Gasteiger partial charge in [-0.25, -0.2) is 4.68 Å². The largest absolute Gasteiger partial charge is 0.471 e. The van der Waals surface area contributed by atoms with E-state index in [-0.39, 0.29) is 23.3 Å². The van der Waals surface area contributed by atoms with Crippen LogP contribution in [0.2, 0.25) is 15.1 Å². The van der Waals surface area contributed by atoms with Gasteiger partial charge < -0.3 is 10.1 Å². The van der Waals surface area contributed by atoms with E-state index in [0.717, 1.165) is 5.75 Å². The Morgan fingerprint density at radius 1 is 0.971 bits per heavy atom. The van der Waals surface area contributed by atoms with Crippen molar-refractivity contribution in [2.75, 3.05) is 5.32 Å². The minimum absolute atomic E-state index is 0.169. The number of amides is 1. The number of aromatic nitrogens is 4. The van der Waals surface area contributed by atoms with Gasteiger partial charge in [0.05, 0.1) is 6.54 Å². The number of halogens is 3. The summed E-state index contributed by atoms with van der Waals surface area (Å²) in [5.74, 6) is 0.950. The molecule has 0 radical (unpaired) electrons. The predicted octanol–water partition coefficient (Wildman–Crippen LogP) is 6.50. The molecule has 4 rings (SSSR count). The van der Waals surface area contributed by atoms with Crippen LogP contribution in [0.1, 0.15) is 41.4 Å². The van der Waals surface area contributed by atoms with Crippen LogP contribution in [0.4, 0.5) is 5.82 Å². The Hall–Kier alpha value is -3.00. The van der Waals surface area contributed by atoms with E-state index in [0.29, 0.717) is 28.1 Å². The monoisotopic (exact) mass is 517 g/mol. The molecule has 0 aliphatic heterocycles. The summed E-state index contributed by atoms with van der Waals surface area (Å²) in [6, 6.07) is 14.8. The van der Waals surface area contributed by atoms with E-state index < -0.39 is 5.91 Å². The molecule has 0 fully saturated rings. The Balaban J connectivity index is 1.37. The van der Waals surface area contributed by atoms with Crippen molar-refractivity contribution in [3.63, 3.8) is 0 Å². The van der Waals surface area contributed by atoms with Crippen LogP contribution in [0.15, 0.2) is 60.9 Å². The zero-order valence-corrected chi connectivity index (χ0v) is 20.8. The van der Waals surface area contributed by atoms with Gasteiger partial charge in [0.2, 0.25) is 0 Å². The lowest BCUT2D eigenvalue weighted by Crippen LogP contribution is -2.15. The average molecular weight is 519 g/mol. The van der Waals surface area contributed by atoms with Crippen molar-refractivity contribution in [1.29, 1.82) is 0 Å². The Morgan fingerprint density at radius 3 is 2.35 bits per heavy atom. The van der Waals surface area contributed by atoms with Crippen molar-refractivity contribution in [2.24, 2.45) is 0 Å². The molecule has 2 heterocycles. The van der Waals surface area contributed by atoms with Gasteiger partial charge in [0.15, 0.2) is 18.2 Å². The smallest absolute Gasteiger partial charge is 0.277 e. The van der Waals surface area contributed by atoms with Crippen molar-refractivity contribution in [3.05, 3.63) is 92.8 Å². The highest BCUT2D eigenvalue weighted by molar-refractivity contribution is 6.36. The standard InChI is InChI=1S/C24H22Cl3N5O2/c1-15(2)16-6-8-17(9-7-16)34-14-31-11-10-22(29-31)24(33)28-23-21(27)13-32(30-23)12-18-19(25)4-3-5-20(18)26/h3-11,13,15H,12,14H2,1-2H3,(H,28,30,33). The summed E-state index contributed by atoms with van der Waals surface area (Å²) >= 11 is 18.7. The fourth-order valence-corrected chi connectivity index (χ4v) is 3.94. The molecule has 2 aromatic heterocycles. The average Bonchev–Trinajstić information content (AvgIpc) is 3.42. The highest BCUT2D eigenvalue weighted by atomic mass is 35.5. The van der Waals surface area contributed by atoms with E-state index >= 15 is 0 Å². The zero-order valence-electron chi connectivity index (χ0n) is 18.5. The molecule has 0 saturated carbocycles. The summed E-state index contributed by atoms with van der Waals surface area (Å²) in [7, 11) is 0. The van der Waals surface area contributed by atoms with E-state index in [4.69, 9.17) is 39.5 Å². The molecule has 0 atom stereocenters. The maximum Gasteiger partial charge on any atom is 0.277 e. The SMILES string of the molecule is CC(C)c1ccc(OCn2ccc(C(=O)Nc3nn(Cc4c(Cl)cccc4Cl)cc3Cl)n2)cc1. The molecule has 0 spiro atoms. The minimum atomic E-state index is -0.442. The fraction of sp³-hybridized carbons (Fsp3) is 0.208. The van der Waals surface area contributed by atoms with Gasteiger partial charge >= 0.3 is 0 Å². The number of ether oxygens (including phenoxy) is 1. The van der Waals surface area contributed by atoms with E-state index in [2.05, 4.69) is 29.4 Å². The van der Waals surface area contributed by atoms with Crippen LogP contribution in [0, 0.1) is 0 Å². The maximum absolute atomic E-state index is 12.7. The first-order chi connectivity index (χ1) is 16.3. The second kappa shape index (κ2) is 10.5. The highest BCUT2D eigenvalue weighted by Crippen LogP contribution is 2.27. The molecule has 10 heteroatoms. The van der Waals surface area contributed by atoms with Crippen LogP contribution < -0.4 is 10.1 Å². The van der Waals surface area contributed by atoms with Gasteiger partial charge in [-0.05, 0) is 41.8 Å². The zero-order chi connectivity index (χ0) is 24.2. The third-order valence-electron chi connectivity index (χ3n) is 5.11. The number of nitrogens with one attached hydrogen (secondary N) is 1. The molecule has 1 N–H and O–H groups in total. The number of carbonyl (C=O) groups excluding carboxylic acids is 1. The minimum Gasteiger partial charge on any atom is -0.471 e. The molecule has 0 aliphatic carbocycles. The first kappa shape index (κ1) is 24.1. The van der Waals surface area contributed by atoms with Crippen molar-refractivity contribution in [1.82, 2.24) is 19.6 Å². The third kappa shape index (κ3) is 5.73. The van der Waals surface area contributed by atoms with Crippen molar-refractivity contribution >= 4 is 46.5 Å². The van der Waals surface area contributed by atoms with Crippen molar-refractivity contribution < 1.29 is 9.53 Å². The summed E-state index contributed by atoms with van der Waals surface area (Å²) < 4.78 is 8.84. The Kier molecular flexibility index (Phi) is 7.46. The fourth-order valence-electron chi connectivity index (χ4n) is 3.22. The maximum atomic E-state index is 12.7. The Bertz CT molecular complexity index is 1280. The number of anilines is 1. The summed E-state index contributed by atoms with van der Waals surface area (Å²) in [5, 5.41) is 12.6. The van der Waals surface area contributed by atoms with Gasteiger partial charge in [-0.1, -0.05) is 66.8 Å². The molecule has 0 unspecified atom stereocenters. The number of carbonyl (C=O) groups is 1. The van der Waals surface area contributed by atoms with Crippen LogP contribution in [0.25, 0.3) is 0 Å². The highest BCUT2D eigenvalue weighted by Gasteiger charge is 2.16. The first-order valence-electron chi connectivity index (χ1n) is 10.5. The molecule has 0 aliphatic rings. The molecular formula is C24H22Cl3N5O2. The molecule has 2 aromatic carbocycles. The Labute approximate surface area is 212 Å². The van der Waals surface area contributed by atoms with E-state index in [9.17, 15) is 4.79 Å². The van der Waals surface area contributed by atoms with Crippen molar-refractivity contribution in [3.8, 4) is 5.75 Å². The second-order valence-corrected chi connectivity index (χ2v) is 9.14. The van der Waals surface area contributed by atoms with E-state index in [1.165, 1.54) is 10.2 Å². The number of nitrogens with zero attached hydrogens (tertiary/aromatic N) is 4. The molecular weight excluding hydrogens is 497 g/mol. The molecule has 4 aromatic rings. The first-order valence-corrected chi connectivity index (χ1v) is 11.7. The van der Waals surface area contributed by atoms with E-state index in [1.807, 2.05) is 24.3 Å². The second-order valence-electron chi connectivity index (χ2n) is 7.92. The van der Waals surface area contributed by atoms with Crippen LogP contribution in [-0.2, 0) is 13.3 Å². The quantitative estimate of drug-likeness (QED) is 0.289. The normalized spacial score (nSPS) is 11.1. The third-order valence-corrected chi connectivity index (χ3v) is 6.10. The summed E-state index contributed by atoms with van der Waals surface area (Å²) in [4.78, 5) is 12.7. The molecule has 176 valence electrons. The number of benzene rings is 2. The molecule has 34 heavy (non-hydrogen) atoms. The predicted molar refractivity (Wildman–Crippen MR) is 134 cm³/mol. The van der Waals surface area contributed by atoms with Crippen LogP contribution in [0.5, 0.6) is 5.75 Å². The molecule has 1 amide bonds. The van der Waals surface area contributed by atoms with Gasteiger partial charge in [-0.3, -0.25) is 9.48 Å². The van der Waals surface area contributed by atoms with Gasteiger partial charge in [-0.15, -0.1) is 0 Å². The molecule has 7 nitrogen and oxygen atoms in total. The topological polar surface area (TPSA) is 74.0 Å². The number of rotatable bonds is 8. The van der Waals surface area contributed by atoms with Gasteiger partial charge in [0.1, 0.15) is 10.8 Å². The lowest BCUT2D eigenvalue weighted by Gasteiger charge is -2.09. The molecule has 0 bridgehead atoms. The van der Waals surface area contributed by atoms with Crippen LogP contribution in [-0.4, -0.2) is 25.5 Å².